The summed E-state index contributed by atoms with van der Waals surface area (Å²) in [7, 11) is 0. The van der Waals surface area contributed by atoms with Gasteiger partial charge >= 0.3 is 11.9 Å². The molecule has 0 aliphatic carbocycles. The molecule has 0 bridgehead atoms. The van der Waals surface area contributed by atoms with Crippen LogP contribution in [-0.2, 0) is 19.1 Å². The third-order valence-corrected chi connectivity index (χ3v) is 10.9. The summed E-state index contributed by atoms with van der Waals surface area (Å²) in [4.78, 5) is 24.2. The van der Waals surface area contributed by atoms with E-state index in [9.17, 15) is 14.7 Å². The number of aliphatic hydroxyl groups excluding tert-OH is 1. The van der Waals surface area contributed by atoms with Crippen LogP contribution in [0.1, 0.15) is 271 Å². The minimum absolute atomic E-state index is 0.0571. The molecule has 0 radical (unpaired) electrons. The molecule has 0 saturated heterocycles. The predicted octanol–water partition coefficient (Wildman–Crippen LogP) is 15.1. The Kier molecular flexibility index (Phi) is 43.4. The Morgan fingerprint density at radius 2 is 0.596 bits per heavy atom. The highest BCUT2D eigenvalue weighted by Gasteiger charge is 2.16. The Hall–Kier alpha value is -1.10. The van der Waals surface area contributed by atoms with Gasteiger partial charge in [-0.3, -0.25) is 9.59 Å². The molecule has 0 rings (SSSR count). The smallest absolute Gasteiger partial charge is 0.306 e. The molecule has 52 heavy (non-hydrogen) atoms. The SMILES string of the molecule is CCCCCCCCCCCCCCCCCCCCCCCCCCCCCCC(=O)OC(CO)COC(=O)CCCCCCCCCCCC. The van der Waals surface area contributed by atoms with Gasteiger partial charge in [-0.2, -0.15) is 0 Å². The van der Waals surface area contributed by atoms with Crippen molar-refractivity contribution in [2.24, 2.45) is 0 Å². The fourth-order valence-electron chi connectivity index (χ4n) is 7.32. The number of unbranched alkanes of at least 4 members (excludes halogenated alkanes) is 36. The molecule has 0 aliphatic rings. The first-order valence-corrected chi connectivity index (χ1v) is 23.6. The van der Waals surface area contributed by atoms with Crippen molar-refractivity contribution in [3.05, 3.63) is 0 Å². The number of ether oxygens (including phenoxy) is 2. The summed E-state index contributed by atoms with van der Waals surface area (Å²) in [6.45, 7) is 4.16. The van der Waals surface area contributed by atoms with Crippen LogP contribution < -0.4 is 0 Å². The van der Waals surface area contributed by atoms with Gasteiger partial charge in [0.1, 0.15) is 6.61 Å². The minimum Gasteiger partial charge on any atom is -0.462 e. The maximum Gasteiger partial charge on any atom is 0.306 e. The van der Waals surface area contributed by atoms with Crippen LogP contribution in [0.25, 0.3) is 0 Å². The molecule has 0 amide bonds. The third kappa shape index (κ3) is 41.7. The summed E-state index contributed by atoms with van der Waals surface area (Å²) in [6.07, 6.45) is 50.7. The average molecular weight is 737 g/mol. The van der Waals surface area contributed by atoms with Gasteiger partial charge in [0, 0.05) is 12.8 Å². The maximum atomic E-state index is 12.2. The zero-order valence-electron chi connectivity index (χ0n) is 35.4. The lowest BCUT2D eigenvalue weighted by molar-refractivity contribution is -0.161. The Morgan fingerprint density at radius 1 is 0.365 bits per heavy atom. The molecular formula is C47H92O5. The molecule has 5 heteroatoms. The number of esters is 2. The van der Waals surface area contributed by atoms with Gasteiger partial charge in [-0.25, -0.2) is 0 Å². The van der Waals surface area contributed by atoms with E-state index in [0.29, 0.717) is 12.8 Å². The lowest BCUT2D eigenvalue weighted by Crippen LogP contribution is -2.28. The van der Waals surface area contributed by atoms with Gasteiger partial charge in [0.15, 0.2) is 6.10 Å². The summed E-state index contributed by atoms with van der Waals surface area (Å²) >= 11 is 0. The van der Waals surface area contributed by atoms with Crippen molar-refractivity contribution in [1.29, 1.82) is 0 Å². The summed E-state index contributed by atoms with van der Waals surface area (Å²) in [6, 6.07) is 0. The van der Waals surface area contributed by atoms with E-state index in [0.717, 1.165) is 38.5 Å². The number of aliphatic hydroxyl groups is 1. The van der Waals surface area contributed by atoms with Crippen LogP contribution in [0.2, 0.25) is 0 Å². The van der Waals surface area contributed by atoms with E-state index in [1.165, 1.54) is 205 Å². The van der Waals surface area contributed by atoms with Crippen LogP contribution >= 0.6 is 0 Å². The zero-order valence-corrected chi connectivity index (χ0v) is 35.4. The molecular weight excluding hydrogens is 645 g/mol. The second kappa shape index (κ2) is 44.3. The molecule has 0 aromatic rings. The van der Waals surface area contributed by atoms with Gasteiger partial charge in [0.25, 0.3) is 0 Å². The first-order valence-electron chi connectivity index (χ1n) is 23.6. The Bertz CT molecular complexity index is 710. The van der Waals surface area contributed by atoms with Gasteiger partial charge in [-0.1, -0.05) is 245 Å². The van der Waals surface area contributed by atoms with Gasteiger partial charge in [-0.05, 0) is 12.8 Å². The second-order valence-corrected chi connectivity index (χ2v) is 16.2. The number of hydrogen-bond donors (Lipinski definition) is 1. The molecule has 0 spiro atoms. The third-order valence-electron chi connectivity index (χ3n) is 10.9. The van der Waals surface area contributed by atoms with Crippen molar-refractivity contribution in [2.75, 3.05) is 13.2 Å². The number of hydrogen-bond acceptors (Lipinski definition) is 5. The Morgan fingerprint density at radius 3 is 0.846 bits per heavy atom. The standard InChI is InChI=1S/C47H92O5/c1-3-5-7-9-11-13-15-16-17-18-19-20-21-22-23-24-25-26-27-28-29-30-31-32-34-36-38-40-42-47(50)52-45(43-48)44-51-46(49)41-39-37-35-33-14-12-10-8-6-4-2/h45,48H,3-44H2,1-2H3. The fraction of sp³-hybridized carbons (Fsp3) is 0.957. The normalized spacial score (nSPS) is 12.0. The van der Waals surface area contributed by atoms with Gasteiger partial charge < -0.3 is 14.6 Å². The molecule has 1 N–H and O–H groups in total. The van der Waals surface area contributed by atoms with E-state index < -0.39 is 6.10 Å². The highest BCUT2D eigenvalue weighted by atomic mass is 16.6. The minimum atomic E-state index is -0.761. The first-order chi connectivity index (χ1) is 25.6. The van der Waals surface area contributed by atoms with Gasteiger partial charge in [0.2, 0.25) is 0 Å². The van der Waals surface area contributed by atoms with Crippen LogP contribution in [0.15, 0.2) is 0 Å². The number of carbonyl (C=O) groups excluding carboxylic acids is 2. The molecule has 1 unspecified atom stereocenters. The monoisotopic (exact) mass is 737 g/mol. The van der Waals surface area contributed by atoms with E-state index in [2.05, 4.69) is 13.8 Å². The number of rotatable bonds is 44. The van der Waals surface area contributed by atoms with Crippen LogP contribution in [0.4, 0.5) is 0 Å². The second-order valence-electron chi connectivity index (χ2n) is 16.2. The van der Waals surface area contributed by atoms with Crippen LogP contribution in [0.5, 0.6) is 0 Å². The Labute approximate surface area is 325 Å². The lowest BCUT2D eigenvalue weighted by Gasteiger charge is -2.15. The largest absolute Gasteiger partial charge is 0.462 e. The topological polar surface area (TPSA) is 72.8 Å². The molecule has 0 aromatic carbocycles. The quantitative estimate of drug-likeness (QED) is 0.0498. The van der Waals surface area contributed by atoms with Crippen LogP contribution in [0.3, 0.4) is 0 Å². The van der Waals surface area contributed by atoms with E-state index in [1.54, 1.807) is 0 Å². The first kappa shape index (κ1) is 50.9. The van der Waals surface area contributed by atoms with Crippen molar-refractivity contribution >= 4 is 11.9 Å². The summed E-state index contributed by atoms with van der Waals surface area (Å²) in [5.74, 6) is -0.575. The van der Waals surface area contributed by atoms with Crippen molar-refractivity contribution in [2.45, 2.75) is 277 Å². The van der Waals surface area contributed by atoms with E-state index in [4.69, 9.17) is 9.47 Å². The average Bonchev–Trinajstić information content (AvgIpc) is 3.15. The van der Waals surface area contributed by atoms with Crippen molar-refractivity contribution in [3.63, 3.8) is 0 Å². The van der Waals surface area contributed by atoms with Crippen LogP contribution in [-0.4, -0.2) is 36.4 Å². The summed E-state index contributed by atoms with van der Waals surface area (Å²) < 4.78 is 10.6. The van der Waals surface area contributed by atoms with Crippen molar-refractivity contribution in [1.82, 2.24) is 0 Å². The fourth-order valence-corrected chi connectivity index (χ4v) is 7.32. The van der Waals surface area contributed by atoms with E-state index >= 15 is 0 Å². The molecule has 0 aliphatic heterocycles. The summed E-state index contributed by atoms with van der Waals surface area (Å²) in [5, 5.41) is 9.56. The molecule has 5 nitrogen and oxygen atoms in total. The lowest BCUT2D eigenvalue weighted by atomic mass is 10.0. The molecule has 0 aromatic heterocycles. The highest BCUT2D eigenvalue weighted by molar-refractivity contribution is 5.70. The van der Waals surface area contributed by atoms with Gasteiger partial charge in [0.05, 0.1) is 6.61 Å². The molecule has 0 heterocycles. The van der Waals surface area contributed by atoms with Gasteiger partial charge in [-0.15, -0.1) is 0 Å². The van der Waals surface area contributed by atoms with E-state index in [1.807, 2.05) is 0 Å². The molecule has 0 saturated carbocycles. The van der Waals surface area contributed by atoms with Crippen LogP contribution in [0, 0.1) is 0 Å². The Balaban J connectivity index is 3.37. The van der Waals surface area contributed by atoms with Crippen molar-refractivity contribution < 1.29 is 24.2 Å². The molecule has 1 atom stereocenters. The summed E-state index contributed by atoms with van der Waals surface area (Å²) in [5.41, 5.74) is 0. The number of carbonyl (C=O) groups is 2. The maximum absolute atomic E-state index is 12.2. The predicted molar refractivity (Wildman–Crippen MR) is 224 cm³/mol. The highest BCUT2D eigenvalue weighted by Crippen LogP contribution is 2.17. The van der Waals surface area contributed by atoms with E-state index in [-0.39, 0.29) is 25.2 Å². The molecule has 310 valence electrons. The van der Waals surface area contributed by atoms with Crippen molar-refractivity contribution in [3.8, 4) is 0 Å². The zero-order chi connectivity index (χ0) is 37.8. The molecule has 0 fully saturated rings.